The number of H-pyrrole nitrogens is 1. The highest BCUT2D eigenvalue weighted by atomic mass is 16.6. The lowest BCUT2D eigenvalue weighted by Gasteiger charge is -2.21. The van der Waals surface area contributed by atoms with Gasteiger partial charge in [0.2, 0.25) is 5.91 Å². The highest BCUT2D eigenvalue weighted by molar-refractivity contribution is 5.82. The number of aromatic nitrogens is 2. The first-order valence-electron chi connectivity index (χ1n) is 23.6. The van der Waals surface area contributed by atoms with Crippen LogP contribution in [0.15, 0.2) is 64.3 Å². The van der Waals surface area contributed by atoms with Gasteiger partial charge in [-0.3, -0.25) is 23.9 Å². The van der Waals surface area contributed by atoms with Crippen LogP contribution in [0.25, 0.3) is 0 Å². The number of hydrogen-bond acceptors (Lipinski definition) is 8. The predicted octanol–water partition coefficient (Wildman–Crippen LogP) is 3.15. The summed E-state index contributed by atoms with van der Waals surface area (Å²) >= 11 is 0. The van der Waals surface area contributed by atoms with E-state index in [-0.39, 0.29) is 19.3 Å². The molecule has 0 aliphatic carbocycles. The van der Waals surface area contributed by atoms with Crippen molar-refractivity contribution in [1.29, 1.82) is 0 Å². The first-order valence-corrected chi connectivity index (χ1v) is 23.6. The monoisotopic (exact) mass is 1070 g/mol. The van der Waals surface area contributed by atoms with Gasteiger partial charge in [-0.25, -0.2) is 4.79 Å². The maximum absolute atomic E-state index is 13.5. The average Bonchev–Trinajstić information content (AvgIpc) is 4.17. The number of hydrogen-bond donors (Lipinski definition) is 2. The normalized spacial score (nSPS) is 11.0. The third-order valence-electron chi connectivity index (χ3n) is 9.44. The number of carbonyl (C=O) groups excluding carboxylic acids is 2. The number of amides is 1. The lowest BCUT2D eigenvalue weighted by Crippen LogP contribution is -2.33. The van der Waals surface area contributed by atoms with Crippen LogP contribution in [0.3, 0.4) is 0 Å². The number of nitrogens with one attached hydrogen (secondary N) is 2. The summed E-state index contributed by atoms with van der Waals surface area (Å²) in [6.45, 7) is 3.42. The third kappa shape index (κ3) is 25.8. The van der Waals surface area contributed by atoms with E-state index >= 15 is 0 Å². The molecule has 0 bridgehead atoms. The molecule has 1 aliphatic heterocycles. The largest absolute Gasteiger partial charge is 0.459 e. The van der Waals surface area contributed by atoms with Gasteiger partial charge in [0.1, 0.15) is 36.0 Å². The number of benzene rings is 2. The van der Waals surface area contributed by atoms with E-state index in [2.05, 4.69) is 259 Å². The number of rotatable bonds is 11. The van der Waals surface area contributed by atoms with Gasteiger partial charge >= 0.3 is 11.7 Å². The van der Waals surface area contributed by atoms with E-state index in [1.54, 1.807) is 55.5 Å². The minimum atomic E-state index is -0.767. The van der Waals surface area contributed by atoms with Crippen molar-refractivity contribution in [2.24, 2.45) is 0 Å². The second kappa shape index (κ2) is 38.5. The minimum Gasteiger partial charge on any atom is -0.459 e. The molecule has 0 radical (unpaired) electrons. The van der Waals surface area contributed by atoms with Crippen molar-refractivity contribution in [2.45, 2.75) is 64.0 Å². The van der Waals surface area contributed by atoms with Crippen molar-refractivity contribution in [3.05, 3.63) is 92.3 Å². The summed E-state index contributed by atoms with van der Waals surface area (Å²) in [4.78, 5) is 53.4. The van der Waals surface area contributed by atoms with E-state index in [1.165, 1.54) is 10.8 Å². The van der Waals surface area contributed by atoms with Crippen molar-refractivity contribution in [3.8, 4) is 273 Å². The van der Waals surface area contributed by atoms with E-state index in [1.807, 2.05) is 6.92 Å². The standard InChI is InChI=1S/C72H31N3O8/c1-5-8-10-12-14-16-18-20-22-24-26-28-30-32-34-36-38-40-42-44-56-80-63-50-46-61(47-51-63)70(73-67(76)54-55-69(77)83-66-58-68(82-65(66)7-3)75-59-60(4)71(78)74-72(75)79)62-48-52-64(53-49-62)81-57-45-43-41-39-37-35-33-31-29-27-25-23-21-19-17-15-13-11-9-6-2/h1-2,46-53,59,65-66,68,70H,7,54-55,58H2,3-4H3,(H,73,76)(H,74,78,79). The van der Waals surface area contributed by atoms with Gasteiger partial charge in [0.25, 0.3) is 5.56 Å². The first-order chi connectivity index (χ1) is 40.7. The summed E-state index contributed by atoms with van der Waals surface area (Å²) in [5.41, 5.74) is 0.481. The molecular weight excluding hydrogens is 1030 g/mol. The molecular formula is C72H31N3O8. The number of nitrogens with zero attached hydrogens (tertiary/aromatic N) is 1. The third-order valence-corrected chi connectivity index (χ3v) is 9.44. The zero-order chi connectivity index (χ0) is 59.2. The van der Waals surface area contributed by atoms with Crippen LogP contribution in [0.4, 0.5) is 0 Å². The number of terminal acetylenes is 2. The molecule has 3 atom stereocenters. The van der Waals surface area contributed by atoms with Gasteiger partial charge in [-0.15, -0.1) is 12.8 Å². The van der Waals surface area contributed by atoms with Crippen LogP contribution in [-0.2, 0) is 19.1 Å². The fourth-order valence-corrected chi connectivity index (χ4v) is 6.00. The molecule has 11 nitrogen and oxygen atoms in total. The van der Waals surface area contributed by atoms with Crippen molar-refractivity contribution in [3.63, 3.8) is 0 Å². The summed E-state index contributed by atoms with van der Waals surface area (Å²) < 4.78 is 24.1. The lowest BCUT2D eigenvalue weighted by atomic mass is 9.98. The second-order valence-electron chi connectivity index (χ2n) is 14.9. The molecule has 3 unspecified atom stereocenters. The fourth-order valence-electron chi connectivity index (χ4n) is 6.00. The Morgan fingerprint density at radius 3 is 1.25 bits per heavy atom. The molecule has 0 saturated carbocycles. The molecule has 2 aromatic carbocycles. The number of aromatic amines is 1. The summed E-state index contributed by atoms with van der Waals surface area (Å²) in [5, 5.41) is 3.00. The Bertz CT molecular complexity index is 4420. The highest BCUT2D eigenvalue weighted by Gasteiger charge is 2.38. The molecule has 83 heavy (non-hydrogen) atoms. The molecule has 3 aromatic rings. The van der Waals surface area contributed by atoms with E-state index < -0.39 is 47.6 Å². The number of esters is 1. The Kier molecular flexibility index (Phi) is 28.5. The summed E-state index contributed by atoms with van der Waals surface area (Å²) in [6.07, 6.45) is 14.5. The Hall–Kier alpha value is -14.1. The van der Waals surface area contributed by atoms with Crippen LogP contribution in [0.5, 0.6) is 11.5 Å². The van der Waals surface area contributed by atoms with Gasteiger partial charge in [-0.1, -0.05) is 31.2 Å². The highest BCUT2D eigenvalue weighted by Crippen LogP contribution is 2.32. The molecule has 1 aliphatic rings. The Balaban J connectivity index is 1.38. The number of aryl methyl sites for hydroxylation is 1. The van der Waals surface area contributed by atoms with Gasteiger partial charge in [0.05, 0.1) is 18.6 Å². The number of ether oxygens (including phenoxy) is 4. The molecule has 2 N–H and O–H groups in total. The van der Waals surface area contributed by atoms with Gasteiger partial charge < -0.3 is 24.3 Å². The smallest absolute Gasteiger partial charge is 0.330 e. The van der Waals surface area contributed by atoms with Crippen LogP contribution < -0.4 is 26.0 Å². The number of carbonyl (C=O) groups is 2. The molecule has 1 saturated heterocycles. The van der Waals surface area contributed by atoms with Crippen LogP contribution in [0.1, 0.15) is 61.6 Å². The molecule has 1 fully saturated rings. The summed E-state index contributed by atoms with van der Waals surface area (Å²) in [6, 6.07) is 12.9. The van der Waals surface area contributed by atoms with Crippen molar-refractivity contribution in [2.75, 3.05) is 0 Å². The van der Waals surface area contributed by atoms with Gasteiger partial charge in [0.15, 0.2) is 0 Å². The van der Waals surface area contributed by atoms with E-state index in [0.29, 0.717) is 34.6 Å². The van der Waals surface area contributed by atoms with Crippen molar-refractivity contribution < 1.29 is 28.5 Å². The van der Waals surface area contributed by atoms with Crippen LogP contribution in [0.2, 0.25) is 0 Å². The zero-order valence-corrected chi connectivity index (χ0v) is 43.7. The maximum Gasteiger partial charge on any atom is 0.330 e. The fraction of sp³-hybridized carbons (Fsp3) is 0.139. The van der Waals surface area contributed by atoms with Crippen LogP contribution in [0, 0.1) is 269 Å². The Morgan fingerprint density at radius 1 is 0.554 bits per heavy atom. The molecule has 382 valence electrons. The molecule has 0 spiro atoms. The van der Waals surface area contributed by atoms with Crippen LogP contribution in [-0.4, -0.2) is 33.6 Å². The predicted molar refractivity (Wildman–Crippen MR) is 311 cm³/mol. The SMILES string of the molecule is C#CC#CC#CC#CC#CC#CC#CC#CC#CC#CC#COc1ccc(C(NC(=O)CCC(=O)OC2CC(n3cc(C)c(=O)[nH]c3=O)OC2CC)c2ccc(OC#CC#CC#CC#CC#CC#CC#CC#CC#CC#CC#C)cc2)cc1. The van der Waals surface area contributed by atoms with Crippen LogP contribution >= 0.6 is 0 Å². The Labute approximate surface area is 482 Å². The van der Waals surface area contributed by atoms with Gasteiger partial charge in [0, 0.05) is 167 Å². The minimum absolute atomic E-state index is 0.168. The average molecular weight is 1070 g/mol. The quantitative estimate of drug-likeness (QED) is 0.221. The molecule has 1 amide bonds. The molecule has 1 aromatic heterocycles. The van der Waals surface area contributed by atoms with E-state index in [0.717, 1.165) is 0 Å². The van der Waals surface area contributed by atoms with Crippen molar-refractivity contribution in [1.82, 2.24) is 14.9 Å². The maximum atomic E-state index is 13.5. The van der Waals surface area contributed by atoms with Gasteiger partial charge in [-0.05, 0) is 143 Å². The lowest BCUT2D eigenvalue weighted by molar-refractivity contribution is -0.153. The molecule has 2 heterocycles. The van der Waals surface area contributed by atoms with Gasteiger partial charge in [-0.2, -0.15) is 0 Å². The van der Waals surface area contributed by atoms with Crippen molar-refractivity contribution >= 4 is 11.9 Å². The zero-order valence-electron chi connectivity index (χ0n) is 43.7. The second-order valence-corrected chi connectivity index (χ2v) is 14.9. The molecule has 11 heteroatoms. The Morgan fingerprint density at radius 2 is 0.904 bits per heavy atom. The molecule has 4 rings (SSSR count). The van der Waals surface area contributed by atoms with E-state index in [4.69, 9.17) is 31.8 Å². The van der Waals surface area contributed by atoms with E-state index in [9.17, 15) is 19.2 Å². The summed E-state index contributed by atoms with van der Waals surface area (Å²) in [5.74, 6) is 98.5. The topological polar surface area (TPSA) is 138 Å². The summed E-state index contributed by atoms with van der Waals surface area (Å²) in [7, 11) is 0. The first kappa shape index (κ1) is 61.5.